The second kappa shape index (κ2) is 6.11. The first-order chi connectivity index (χ1) is 9.69. The zero-order chi connectivity index (χ0) is 14.4. The Kier molecular flexibility index (Phi) is 4.04. The molecule has 0 radical (unpaired) electrons. The van der Waals surface area contributed by atoms with E-state index in [-0.39, 0.29) is 5.96 Å². The van der Waals surface area contributed by atoms with Crippen LogP contribution in [0.1, 0.15) is 11.1 Å². The summed E-state index contributed by atoms with van der Waals surface area (Å²) in [6.07, 6.45) is 4.79. The zero-order valence-electron chi connectivity index (χ0n) is 10.6. The third-order valence-corrected chi connectivity index (χ3v) is 2.49. The summed E-state index contributed by atoms with van der Waals surface area (Å²) >= 11 is 0. The summed E-state index contributed by atoms with van der Waals surface area (Å²) in [5.41, 5.74) is 13.6. The zero-order valence-corrected chi connectivity index (χ0v) is 10.6. The molecule has 1 heterocycles. The number of nitriles is 1. The fourth-order valence-electron chi connectivity index (χ4n) is 1.58. The van der Waals surface area contributed by atoms with Gasteiger partial charge in [-0.1, -0.05) is 24.3 Å². The van der Waals surface area contributed by atoms with Gasteiger partial charge >= 0.3 is 0 Å². The normalized spacial score (nSPS) is 10.2. The van der Waals surface area contributed by atoms with Gasteiger partial charge in [0.05, 0.1) is 11.8 Å². The molecule has 0 bridgehead atoms. The first-order valence-electron chi connectivity index (χ1n) is 5.76. The monoisotopic (exact) mass is 264 g/mol. The molecule has 0 atom stereocenters. The minimum atomic E-state index is -0.0859. The second-order valence-electron chi connectivity index (χ2n) is 3.97. The molecule has 0 saturated carbocycles. The van der Waals surface area contributed by atoms with E-state index in [0.717, 1.165) is 16.7 Å². The van der Waals surface area contributed by atoms with Crippen molar-refractivity contribution in [3.8, 4) is 17.2 Å². The van der Waals surface area contributed by atoms with Crippen molar-refractivity contribution in [3.63, 3.8) is 0 Å². The third kappa shape index (κ3) is 3.40. The molecule has 6 nitrogen and oxygen atoms in total. The van der Waals surface area contributed by atoms with E-state index in [1.165, 1.54) is 6.20 Å². The van der Waals surface area contributed by atoms with Crippen LogP contribution in [-0.4, -0.2) is 17.2 Å². The maximum atomic E-state index is 8.85. The minimum absolute atomic E-state index is 0.0859. The maximum Gasteiger partial charge on any atom is 0.211 e. The van der Waals surface area contributed by atoms with E-state index in [1.54, 1.807) is 18.5 Å². The highest BCUT2D eigenvalue weighted by Gasteiger charge is 1.99. The Morgan fingerprint density at radius 2 is 1.90 bits per heavy atom. The van der Waals surface area contributed by atoms with E-state index < -0.39 is 0 Å². The number of benzene rings is 1. The van der Waals surface area contributed by atoms with Gasteiger partial charge in [0.15, 0.2) is 0 Å². The molecule has 1 aromatic heterocycles. The minimum Gasteiger partial charge on any atom is -0.369 e. The van der Waals surface area contributed by atoms with Gasteiger partial charge in [-0.15, -0.1) is 5.10 Å². The van der Waals surface area contributed by atoms with Crippen LogP contribution < -0.4 is 11.5 Å². The Balaban J connectivity index is 2.22. The molecule has 0 unspecified atom stereocenters. The van der Waals surface area contributed by atoms with Gasteiger partial charge in [0, 0.05) is 18.0 Å². The second-order valence-corrected chi connectivity index (χ2v) is 3.97. The van der Waals surface area contributed by atoms with Crippen molar-refractivity contribution in [1.82, 2.24) is 4.98 Å². The van der Waals surface area contributed by atoms with Crippen molar-refractivity contribution in [2.24, 2.45) is 21.7 Å². The van der Waals surface area contributed by atoms with Crippen LogP contribution in [0.25, 0.3) is 11.1 Å². The van der Waals surface area contributed by atoms with Crippen LogP contribution in [0, 0.1) is 11.3 Å². The molecule has 6 heteroatoms. The molecule has 0 amide bonds. The van der Waals surface area contributed by atoms with Crippen molar-refractivity contribution in [2.45, 2.75) is 0 Å². The number of hydrogen-bond acceptors (Lipinski definition) is 4. The summed E-state index contributed by atoms with van der Waals surface area (Å²) in [6.45, 7) is 0. The Bertz CT molecular complexity index is 690. The first-order valence-corrected chi connectivity index (χ1v) is 5.76. The molecule has 20 heavy (non-hydrogen) atoms. The van der Waals surface area contributed by atoms with E-state index in [9.17, 15) is 0 Å². The van der Waals surface area contributed by atoms with Crippen molar-refractivity contribution in [3.05, 3.63) is 53.9 Å². The van der Waals surface area contributed by atoms with E-state index in [4.69, 9.17) is 16.7 Å². The van der Waals surface area contributed by atoms with Crippen LogP contribution in [-0.2, 0) is 0 Å². The Hall–Kier alpha value is -3.20. The van der Waals surface area contributed by atoms with Crippen LogP contribution in [0.5, 0.6) is 0 Å². The lowest BCUT2D eigenvalue weighted by Gasteiger charge is -2.01. The van der Waals surface area contributed by atoms with E-state index in [1.807, 2.05) is 24.3 Å². The molecule has 0 aliphatic carbocycles. The van der Waals surface area contributed by atoms with E-state index in [2.05, 4.69) is 21.3 Å². The summed E-state index contributed by atoms with van der Waals surface area (Å²) in [5, 5.41) is 16.1. The number of aromatic nitrogens is 1. The summed E-state index contributed by atoms with van der Waals surface area (Å²) in [6, 6.07) is 11.4. The largest absolute Gasteiger partial charge is 0.369 e. The standard InChI is InChI=1S/C14H12N6/c15-6-11-5-13(9-18-7-11)12-3-1-10(2-4-12)8-19-20-14(16)17/h1-5,7-9H,(H4,16,17,20). The Morgan fingerprint density at radius 3 is 2.55 bits per heavy atom. The first kappa shape index (κ1) is 13.2. The molecule has 4 N–H and O–H groups in total. The molecule has 0 fully saturated rings. The van der Waals surface area contributed by atoms with Crippen LogP contribution >= 0.6 is 0 Å². The average molecular weight is 264 g/mol. The molecule has 98 valence electrons. The van der Waals surface area contributed by atoms with E-state index >= 15 is 0 Å². The van der Waals surface area contributed by atoms with Gasteiger partial charge in [0.2, 0.25) is 5.96 Å². The smallest absolute Gasteiger partial charge is 0.211 e. The predicted molar refractivity (Wildman–Crippen MR) is 77.8 cm³/mol. The molecule has 2 aromatic rings. The number of pyridine rings is 1. The third-order valence-electron chi connectivity index (χ3n) is 2.49. The summed E-state index contributed by atoms with van der Waals surface area (Å²) in [7, 11) is 0. The van der Waals surface area contributed by atoms with Gasteiger partial charge in [-0.3, -0.25) is 4.98 Å². The molecular formula is C14H12N6. The van der Waals surface area contributed by atoms with Crippen LogP contribution in [0.15, 0.2) is 52.9 Å². The highest BCUT2D eigenvalue weighted by molar-refractivity contribution is 5.82. The predicted octanol–water partition coefficient (Wildman–Crippen LogP) is 1.23. The molecule has 0 saturated heterocycles. The van der Waals surface area contributed by atoms with Gasteiger partial charge in [-0.25, -0.2) is 0 Å². The topological polar surface area (TPSA) is 113 Å². The highest BCUT2D eigenvalue weighted by Crippen LogP contribution is 2.19. The van der Waals surface area contributed by atoms with Crippen LogP contribution in [0.3, 0.4) is 0 Å². The highest BCUT2D eigenvalue weighted by atomic mass is 15.3. The molecular weight excluding hydrogens is 252 g/mol. The fraction of sp³-hybridized carbons (Fsp3) is 0. The Labute approximate surface area is 116 Å². The number of guanidine groups is 1. The SMILES string of the molecule is N#Cc1cncc(-c2ccc(C=NN=C(N)N)cc2)c1. The van der Waals surface area contributed by atoms with E-state index in [0.29, 0.717) is 5.56 Å². The summed E-state index contributed by atoms with van der Waals surface area (Å²) < 4.78 is 0. The van der Waals surface area contributed by atoms with Crippen molar-refractivity contribution in [2.75, 3.05) is 0 Å². The van der Waals surface area contributed by atoms with Gasteiger partial charge in [0.25, 0.3) is 0 Å². The number of rotatable bonds is 3. The van der Waals surface area contributed by atoms with Crippen molar-refractivity contribution >= 4 is 12.2 Å². The maximum absolute atomic E-state index is 8.85. The number of nitrogens with two attached hydrogens (primary N) is 2. The van der Waals surface area contributed by atoms with Gasteiger partial charge < -0.3 is 11.5 Å². The quantitative estimate of drug-likeness (QED) is 0.493. The molecule has 0 aliphatic rings. The lowest BCUT2D eigenvalue weighted by molar-refractivity contribution is 1.21. The molecule has 0 aliphatic heterocycles. The van der Waals surface area contributed by atoms with Crippen molar-refractivity contribution in [1.29, 1.82) is 5.26 Å². The molecule has 2 rings (SSSR count). The fourth-order valence-corrected chi connectivity index (χ4v) is 1.58. The number of nitrogens with zero attached hydrogens (tertiary/aromatic N) is 4. The van der Waals surface area contributed by atoms with Gasteiger partial charge in [-0.2, -0.15) is 10.4 Å². The molecule has 1 aromatic carbocycles. The Morgan fingerprint density at radius 1 is 1.15 bits per heavy atom. The lowest BCUT2D eigenvalue weighted by atomic mass is 10.0. The lowest BCUT2D eigenvalue weighted by Crippen LogP contribution is -2.21. The summed E-state index contributed by atoms with van der Waals surface area (Å²) in [4.78, 5) is 4.03. The van der Waals surface area contributed by atoms with Crippen LogP contribution in [0.4, 0.5) is 0 Å². The van der Waals surface area contributed by atoms with Crippen LogP contribution in [0.2, 0.25) is 0 Å². The van der Waals surface area contributed by atoms with Gasteiger partial charge in [0.1, 0.15) is 6.07 Å². The van der Waals surface area contributed by atoms with Gasteiger partial charge in [-0.05, 0) is 17.2 Å². The molecule has 0 spiro atoms. The van der Waals surface area contributed by atoms with Crippen molar-refractivity contribution < 1.29 is 0 Å². The average Bonchev–Trinajstić information content (AvgIpc) is 2.48. The number of hydrogen-bond donors (Lipinski definition) is 2. The summed E-state index contributed by atoms with van der Waals surface area (Å²) in [5.74, 6) is -0.0859.